The number of nitrogens with zero attached hydrogens (tertiary/aromatic N) is 1. The second-order valence-electron chi connectivity index (χ2n) is 6.57. The first-order valence-corrected chi connectivity index (χ1v) is 8.89. The second-order valence-corrected chi connectivity index (χ2v) is 6.57. The van der Waals surface area contributed by atoms with Crippen LogP contribution >= 0.6 is 0 Å². The second kappa shape index (κ2) is 8.17. The molecule has 0 fully saturated rings. The topological polar surface area (TPSA) is 66.4 Å². The molecule has 0 saturated heterocycles. The fourth-order valence-electron chi connectivity index (χ4n) is 2.87. The number of methoxy groups -OCH3 is 3. The van der Waals surface area contributed by atoms with E-state index < -0.39 is 5.97 Å². The third-order valence-electron chi connectivity index (χ3n) is 4.44. The van der Waals surface area contributed by atoms with Crippen molar-refractivity contribution in [2.45, 2.75) is 19.8 Å². The van der Waals surface area contributed by atoms with Gasteiger partial charge in [0.2, 0.25) is 11.6 Å². The van der Waals surface area contributed by atoms with Gasteiger partial charge in [0.05, 0.1) is 21.3 Å². The molecule has 2 aromatic rings. The van der Waals surface area contributed by atoms with E-state index in [1.807, 2.05) is 24.3 Å². The zero-order valence-corrected chi connectivity index (χ0v) is 16.6. The molecule has 0 N–H and O–H groups in total. The molecule has 1 heterocycles. The number of aliphatic imine (C=N–C) groups is 1. The average Bonchev–Trinajstić information content (AvgIpc) is 3.07. The maximum Gasteiger partial charge on any atom is 0.363 e. The number of carbonyl (C=O) groups excluding carboxylic acids is 1. The van der Waals surface area contributed by atoms with Crippen molar-refractivity contribution in [3.05, 3.63) is 58.8 Å². The third-order valence-corrected chi connectivity index (χ3v) is 4.44. The summed E-state index contributed by atoms with van der Waals surface area (Å²) in [6.07, 6.45) is 1.71. The minimum atomic E-state index is -0.503. The maximum atomic E-state index is 12.3. The van der Waals surface area contributed by atoms with Crippen molar-refractivity contribution in [3.63, 3.8) is 0 Å². The van der Waals surface area contributed by atoms with Gasteiger partial charge in [0.1, 0.15) is 0 Å². The Morgan fingerprint density at radius 3 is 2.07 bits per heavy atom. The molecule has 2 aromatic carbocycles. The molecule has 6 heteroatoms. The van der Waals surface area contributed by atoms with Crippen LogP contribution in [0.1, 0.15) is 36.5 Å². The largest absolute Gasteiger partial charge is 0.493 e. The summed E-state index contributed by atoms with van der Waals surface area (Å²) in [4.78, 5) is 16.6. The molecule has 6 nitrogen and oxygen atoms in total. The van der Waals surface area contributed by atoms with E-state index in [9.17, 15) is 4.79 Å². The molecule has 0 radical (unpaired) electrons. The highest BCUT2D eigenvalue weighted by molar-refractivity contribution is 6.13. The molecule has 0 atom stereocenters. The Morgan fingerprint density at radius 1 is 0.964 bits per heavy atom. The van der Waals surface area contributed by atoms with Crippen LogP contribution in [0.3, 0.4) is 0 Å². The van der Waals surface area contributed by atoms with Crippen molar-refractivity contribution in [1.82, 2.24) is 0 Å². The van der Waals surface area contributed by atoms with Crippen LogP contribution in [0.5, 0.6) is 17.2 Å². The number of rotatable bonds is 6. The maximum absolute atomic E-state index is 12.3. The first-order valence-electron chi connectivity index (χ1n) is 8.89. The van der Waals surface area contributed by atoms with Gasteiger partial charge in [-0.15, -0.1) is 0 Å². The van der Waals surface area contributed by atoms with Crippen LogP contribution in [0, 0.1) is 0 Å². The summed E-state index contributed by atoms with van der Waals surface area (Å²) in [5, 5.41) is 0. The van der Waals surface area contributed by atoms with Crippen molar-refractivity contribution < 1.29 is 23.7 Å². The molecular formula is C22H23NO5. The fourth-order valence-corrected chi connectivity index (χ4v) is 2.87. The highest BCUT2D eigenvalue weighted by Crippen LogP contribution is 2.39. The van der Waals surface area contributed by atoms with Crippen molar-refractivity contribution in [2.75, 3.05) is 21.3 Å². The highest BCUT2D eigenvalue weighted by Gasteiger charge is 2.26. The summed E-state index contributed by atoms with van der Waals surface area (Å²) in [6, 6.07) is 11.4. The normalized spacial score (nSPS) is 14.9. The number of esters is 1. The summed E-state index contributed by atoms with van der Waals surface area (Å²) in [7, 11) is 4.57. The van der Waals surface area contributed by atoms with Gasteiger partial charge in [-0.1, -0.05) is 38.1 Å². The molecular weight excluding hydrogens is 358 g/mol. The summed E-state index contributed by atoms with van der Waals surface area (Å²) in [5.74, 6) is 1.50. The van der Waals surface area contributed by atoms with Gasteiger partial charge in [-0.3, -0.25) is 0 Å². The van der Waals surface area contributed by atoms with E-state index in [0.29, 0.717) is 28.7 Å². The summed E-state index contributed by atoms with van der Waals surface area (Å²) in [6.45, 7) is 4.27. The van der Waals surface area contributed by atoms with E-state index in [2.05, 4.69) is 18.8 Å². The number of benzene rings is 2. The zero-order chi connectivity index (χ0) is 20.3. The quantitative estimate of drug-likeness (QED) is 0.555. The SMILES string of the molecule is COc1cc(C2=NC(=Cc3ccc(C(C)C)cc3)C(=O)O2)cc(OC)c1OC. The van der Waals surface area contributed by atoms with Crippen molar-refractivity contribution in [2.24, 2.45) is 4.99 Å². The minimum absolute atomic E-state index is 0.189. The first-order chi connectivity index (χ1) is 13.5. The van der Waals surface area contributed by atoms with Gasteiger partial charge in [0.25, 0.3) is 0 Å². The van der Waals surface area contributed by atoms with Gasteiger partial charge in [-0.05, 0) is 35.3 Å². The van der Waals surface area contributed by atoms with Crippen LogP contribution in [-0.2, 0) is 9.53 Å². The Morgan fingerprint density at radius 2 is 1.57 bits per heavy atom. The predicted octanol–water partition coefficient (Wildman–Crippen LogP) is 4.18. The smallest absolute Gasteiger partial charge is 0.363 e. The first kappa shape index (κ1) is 19.5. The fraction of sp³-hybridized carbons (Fsp3) is 0.273. The monoisotopic (exact) mass is 381 g/mol. The lowest BCUT2D eigenvalue weighted by molar-refractivity contribution is -0.129. The summed E-state index contributed by atoms with van der Waals surface area (Å²) < 4.78 is 21.4. The Kier molecular flexibility index (Phi) is 5.68. The van der Waals surface area contributed by atoms with Crippen molar-refractivity contribution in [1.29, 1.82) is 0 Å². The van der Waals surface area contributed by atoms with Gasteiger partial charge < -0.3 is 18.9 Å². The molecule has 0 spiro atoms. The van der Waals surface area contributed by atoms with Gasteiger partial charge in [0, 0.05) is 5.56 Å². The molecule has 0 aliphatic carbocycles. The molecule has 28 heavy (non-hydrogen) atoms. The van der Waals surface area contributed by atoms with Crippen molar-refractivity contribution >= 4 is 17.9 Å². The summed E-state index contributed by atoms with van der Waals surface area (Å²) >= 11 is 0. The van der Waals surface area contributed by atoms with Crippen LogP contribution in [0.15, 0.2) is 47.1 Å². The van der Waals surface area contributed by atoms with E-state index in [4.69, 9.17) is 18.9 Å². The van der Waals surface area contributed by atoms with Crippen LogP contribution in [0.2, 0.25) is 0 Å². The van der Waals surface area contributed by atoms with Crippen molar-refractivity contribution in [3.8, 4) is 17.2 Å². The summed E-state index contributed by atoms with van der Waals surface area (Å²) in [5.41, 5.74) is 2.91. The van der Waals surface area contributed by atoms with Gasteiger partial charge in [0.15, 0.2) is 17.2 Å². The molecule has 0 amide bonds. The Hall–Kier alpha value is -3.28. The van der Waals surface area contributed by atoms with E-state index in [1.165, 1.54) is 26.9 Å². The third kappa shape index (κ3) is 3.86. The van der Waals surface area contributed by atoms with E-state index in [-0.39, 0.29) is 11.6 Å². The lowest BCUT2D eigenvalue weighted by Gasteiger charge is -2.13. The van der Waals surface area contributed by atoms with Gasteiger partial charge in [-0.2, -0.15) is 0 Å². The standard InChI is InChI=1S/C22H23NO5/c1-13(2)15-8-6-14(7-9-15)10-17-22(24)28-21(23-17)16-11-18(25-3)20(27-5)19(12-16)26-4/h6-13H,1-5H3. The van der Waals surface area contributed by atoms with E-state index in [1.54, 1.807) is 18.2 Å². The average molecular weight is 381 g/mol. The number of hydrogen-bond acceptors (Lipinski definition) is 6. The minimum Gasteiger partial charge on any atom is -0.493 e. The molecule has 0 unspecified atom stereocenters. The van der Waals surface area contributed by atoms with Gasteiger partial charge >= 0.3 is 5.97 Å². The van der Waals surface area contributed by atoms with Crippen LogP contribution in [-0.4, -0.2) is 33.2 Å². The van der Waals surface area contributed by atoms with Crippen LogP contribution < -0.4 is 14.2 Å². The number of cyclic esters (lactones) is 1. The molecule has 0 bridgehead atoms. The van der Waals surface area contributed by atoms with Crippen LogP contribution in [0.25, 0.3) is 6.08 Å². The Labute approximate surface area is 164 Å². The lowest BCUT2D eigenvalue weighted by atomic mass is 10.0. The molecule has 146 valence electrons. The number of carbonyl (C=O) groups is 1. The van der Waals surface area contributed by atoms with E-state index >= 15 is 0 Å². The van der Waals surface area contributed by atoms with E-state index in [0.717, 1.165) is 5.56 Å². The van der Waals surface area contributed by atoms with Crippen LogP contribution in [0.4, 0.5) is 0 Å². The van der Waals surface area contributed by atoms with Gasteiger partial charge in [-0.25, -0.2) is 9.79 Å². The Bertz CT molecular complexity index is 917. The zero-order valence-electron chi connectivity index (χ0n) is 16.6. The molecule has 0 saturated carbocycles. The Balaban J connectivity index is 1.95. The number of hydrogen-bond donors (Lipinski definition) is 0. The highest BCUT2D eigenvalue weighted by atomic mass is 16.6. The lowest BCUT2D eigenvalue weighted by Crippen LogP contribution is -2.06. The molecule has 0 aromatic heterocycles. The number of ether oxygens (including phenoxy) is 4. The molecule has 3 rings (SSSR count). The predicted molar refractivity (Wildman–Crippen MR) is 107 cm³/mol. The molecule has 1 aliphatic heterocycles. The molecule has 1 aliphatic rings.